The zero-order valence-electron chi connectivity index (χ0n) is 12.1. The molecule has 23 heavy (non-hydrogen) atoms. The molecule has 0 radical (unpaired) electrons. The topological polar surface area (TPSA) is 128 Å². The van der Waals surface area contributed by atoms with Crippen molar-refractivity contribution in [3.63, 3.8) is 0 Å². The number of carbonyl (C=O) groups excluding carboxylic acids is 3. The van der Waals surface area contributed by atoms with E-state index in [9.17, 15) is 24.5 Å². The van der Waals surface area contributed by atoms with Gasteiger partial charge in [-0.3, -0.25) is 20.2 Å². The molecule has 124 valence electrons. The molecule has 1 rings (SSSR count). The standard InChI is InChI=1S/C13H14BrN3O6/c1-2-5-15-13(20)16-11(18)7-23-12(19)8-3-4-9(14)10(6-8)17(21)22/h3-4,6H,2,5,7H2,1H3,(H2,15,16,18,20). The van der Waals surface area contributed by atoms with Crippen molar-refractivity contribution >= 4 is 39.5 Å². The number of nitrogens with one attached hydrogen (secondary N) is 2. The number of carbonyl (C=O) groups is 3. The molecule has 0 spiro atoms. The fourth-order valence-electron chi connectivity index (χ4n) is 1.44. The number of hydrogen-bond acceptors (Lipinski definition) is 6. The van der Waals surface area contributed by atoms with Crippen molar-refractivity contribution in [2.24, 2.45) is 0 Å². The first kappa shape index (κ1) is 18.6. The Balaban J connectivity index is 2.57. The third-order valence-corrected chi connectivity index (χ3v) is 3.17. The molecule has 0 aliphatic heterocycles. The number of ether oxygens (including phenoxy) is 1. The largest absolute Gasteiger partial charge is 0.452 e. The fourth-order valence-corrected chi connectivity index (χ4v) is 1.83. The van der Waals surface area contributed by atoms with E-state index in [1.807, 2.05) is 12.2 Å². The van der Waals surface area contributed by atoms with E-state index in [2.05, 4.69) is 21.2 Å². The zero-order chi connectivity index (χ0) is 17.4. The molecule has 0 bridgehead atoms. The summed E-state index contributed by atoms with van der Waals surface area (Å²) in [4.78, 5) is 44.5. The van der Waals surface area contributed by atoms with Crippen LogP contribution in [0.3, 0.4) is 0 Å². The molecule has 3 amide bonds. The molecule has 0 unspecified atom stereocenters. The second-order valence-corrected chi connectivity index (χ2v) is 5.16. The highest BCUT2D eigenvalue weighted by atomic mass is 79.9. The van der Waals surface area contributed by atoms with Gasteiger partial charge >= 0.3 is 12.0 Å². The normalized spacial score (nSPS) is 9.83. The summed E-state index contributed by atoms with van der Waals surface area (Å²) < 4.78 is 4.91. The summed E-state index contributed by atoms with van der Waals surface area (Å²) in [6, 6.07) is 2.98. The van der Waals surface area contributed by atoms with E-state index in [0.29, 0.717) is 13.0 Å². The molecule has 10 heteroatoms. The quantitative estimate of drug-likeness (QED) is 0.434. The van der Waals surface area contributed by atoms with Crippen molar-refractivity contribution in [2.75, 3.05) is 13.2 Å². The number of esters is 1. The lowest BCUT2D eigenvalue weighted by Gasteiger charge is -2.07. The molecule has 9 nitrogen and oxygen atoms in total. The van der Waals surface area contributed by atoms with E-state index in [0.717, 1.165) is 6.07 Å². The highest BCUT2D eigenvalue weighted by Crippen LogP contribution is 2.25. The maximum Gasteiger partial charge on any atom is 0.338 e. The van der Waals surface area contributed by atoms with Crippen LogP contribution in [0.25, 0.3) is 0 Å². The highest BCUT2D eigenvalue weighted by molar-refractivity contribution is 9.10. The summed E-state index contributed by atoms with van der Waals surface area (Å²) in [7, 11) is 0. The number of nitro benzene ring substituents is 1. The van der Waals surface area contributed by atoms with Crippen LogP contribution >= 0.6 is 15.9 Å². The monoisotopic (exact) mass is 387 g/mol. The highest BCUT2D eigenvalue weighted by Gasteiger charge is 2.18. The number of rotatable bonds is 6. The van der Waals surface area contributed by atoms with Gasteiger partial charge in [-0.15, -0.1) is 0 Å². The first-order chi connectivity index (χ1) is 10.8. The van der Waals surface area contributed by atoms with Crippen LogP contribution in [0.15, 0.2) is 22.7 Å². The molecule has 0 aliphatic carbocycles. The van der Waals surface area contributed by atoms with E-state index in [4.69, 9.17) is 4.74 Å². The minimum absolute atomic E-state index is 0.0804. The Kier molecular flexibility index (Phi) is 7.13. The van der Waals surface area contributed by atoms with E-state index in [1.54, 1.807) is 0 Å². The van der Waals surface area contributed by atoms with Crippen molar-refractivity contribution in [1.29, 1.82) is 0 Å². The predicted molar refractivity (Wildman–Crippen MR) is 82.9 cm³/mol. The smallest absolute Gasteiger partial charge is 0.338 e. The predicted octanol–water partition coefficient (Wildman–Crippen LogP) is 1.75. The van der Waals surface area contributed by atoms with Crippen LogP contribution < -0.4 is 10.6 Å². The SMILES string of the molecule is CCCNC(=O)NC(=O)COC(=O)c1ccc(Br)c([N+](=O)[O-])c1. The molecular weight excluding hydrogens is 374 g/mol. The van der Waals surface area contributed by atoms with Crippen LogP contribution in [0.2, 0.25) is 0 Å². The Hall–Kier alpha value is -2.49. The lowest BCUT2D eigenvalue weighted by atomic mass is 10.2. The van der Waals surface area contributed by atoms with Crippen molar-refractivity contribution in [3.05, 3.63) is 38.3 Å². The summed E-state index contributed by atoms with van der Waals surface area (Å²) in [6.07, 6.45) is 0.707. The molecule has 0 aliphatic rings. The third kappa shape index (κ3) is 6.02. The summed E-state index contributed by atoms with van der Waals surface area (Å²) in [5.74, 6) is -1.72. The van der Waals surface area contributed by atoms with Gasteiger partial charge in [0.25, 0.3) is 11.6 Å². The maximum absolute atomic E-state index is 11.8. The number of nitrogens with zero attached hydrogens (tertiary/aromatic N) is 1. The molecule has 0 saturated heterocycles. The Morgan fingerprint density at radius 3 is 2.65 bits per heavy atom. The molecule has 0 aromatic heterocycles. The van der Waals surface area contributed by atoms with Gasteiger partial charge in [-0.1, -0.05) is 6.92 Å². The molecular formula is C13H14BrN3O6. The summed E-state index contributed by atoms with van der Waals surface area (Å²) in [5, 5.41) is 15.2. The molecule has 0 atom stereocenters. The fraction of sp³-hybridized carbons (Fsp3) is 0.308. The molecule has 0 heterocycles. The summed E-state index contributed by atoms with van der Waals surface area (Å²) >= 11 is 2.99. The average Bonchev–Trinajstić information content (AvgIpc) is 2.50. The van der Waals surface area contributed by atoms with Crippen LogP contribution in [0.1, 0.15) is 23.7 Å². The van der Waals surface area contributed by atoms with Gasteiger partial charge in [0.2, 0.25) is 0 Å². The molecule has 2 N–H and O–H groups in total. The number of urea groups is 1. The maximum atomic E-state index is 11.8. The Bertz CT molecular complexity index is 634. The van der Waals surface area contributed by atoms with E-state index in [-0.39, 0.29) is 15.7 Å². The van der Waals surface area contributed by atoms with Gasteiger partial charge in [0.05, 0.1) is 15.0 Å². The van der Waals surface area contributed by atoms with Crippen molar-refractivity contribution in [3.8, 4) is 0 Å². The van der Waals surface area contributed by atoms with E-state index < -0.39 is 29.4 Å². The summed E-state index contributed by atoms with van der Waals surface area (Å²) in [5.41, 5.74) is -0.383. The van der Waals surface area contributed by atoms with Crippen LogP contribution in [0.4, 0.5) is 10.5 Å². The second-order valence-electron chi connectivity index (χ2n) is 4.30. The zero-order valence-corrected chi connectivity index (χ0v) is 13.7. The molecule has 0 fully saturated rings. The first-order valence-corrected chi connectivity index (χ1v) is 7.33. The van der Waals surface area contributed by atoms with E-state index in [1.165, 1.54) is 12.1 Å². The minimum atomic E-state index is -0.912. The van der Waals surface area contributed by atoms with Gasteiger partial charge in [0.1, 0.15) is 0 Å². The lowest BCUT2D eigenvalue weighted by Crippen LogP contribution is -2.41. The second kappa shape index (κ2) is 8.83. The molecule has 1 aromatic rings. The number of benzene rings is 1. The number of imide groups is 1. The third-order valence-electron chi connectivity index (χ3n) is 2.50. The van der Waals surface area contributed by atoms with Crippen molar-refractivity contribution in [1.82, 2.24) is 10.6 Å². The number of halogens is 1. The van der Waals surface area contributed by atoms with Crippen LogP contribution in [-0.4, -0.2) is 36.0 Å². The first-order valence-electron chi connectivity index (χ1n) is 6.54. The lowest BCUT2D eigenvalue weighted by molar-refractivity contribution is -0.385. The van der Waals surface area contributed by atoms with Gasteiger partial charge in [-0.2, -0.15) is 0 Å². The van der Waals surface area contributed by atoms with Gasteiger partial charge in [-0.25, -0.2) is 9.59 Å². The van der Waals surface area contributed by atoms with Gasteiger partial charge < -0.3 is 10.1 Å². The molecule has 1 aromatic carbocycles. The average molecular weight is 388 g/mol. The Morgan fingerprint density at radius 1 is 1.35 bits per heavy atom. The number of amides is 3. The van der Waals surface area contributed by atoms with Crippen LogP contribution in [0.5, 0.6) is 0 Å². The molecule has 0 saturated carbocycles. The van der Waals surface area contributed by atoms with Gasteiger partial charge in [0.15, 0.2) is 6.61 Å². The van der Waals surface area contributed by atoms with Crippen molar-refractivity contribution < 1.29 is 24.0 Å². The van der Waals surface area contributed by atoms with Gasteiger partial charge in [-0.05, 0) is 34.5 Å². The Labute approximate surface area is 139 Å². The summed E-state index contributed by atoms with van der Waals surface area (Å²) in [6.45, 7) is 1.57. The minimum Gasteiger partial charge on any atom is -0.452 e. The number of nitro groups is 1. The van der Waals surface area contributed by atoms with Gasteiger partial charge in [0, 0.05) is 12.6 Å². The van der Waals surface area contributed by atoms with Crippen LogP contribution in [0, 0.1) is 10.1 Å². The Morgan fingerprint density at radius 2 is 2.04 bits per heavy atom. The van der Waals surface area contributed by atoms with E-state index >= 15 is 0 Å². The number of hydrogen-bond donors (Lipinski definition) is 2. The van der Waals surface area contributed by atoms with Crippen molar-refractivity contribution in [2.45, 2.75) is 13.3 Å². The van der Waals surface area contributed by atoms with Crippen LogP contribution in [-0.2, 0) is 9.53 Å².